The van der Waals surface area contributed by atoms with Crippen LogP contribution in [0.1, 0.15) is 26.7 Å². The van der Waals surface area contributed by atoms with Crippen molar-refractivity contribution in [1.82, 2.24) is 0 Å². The van der Waals surface area contributed by atoms with Gasteiger partial charge in [0.05, 0.1) is 12.0 Å². The molecule has 0 aliphatic heterocycles. The van der Waals surface area contributed by atoms with Gasteiger partial charge in [0, 0.05) is 0 Å². The molecule has 0 saturated heterocycles. The van der Waals surface area contributed by atoms with Gasteiger partial charge in [-0.15, -0.1) is 0 Å². The summed E-state index contributed by atoms with van der Waals surface area (Å²) in [6.45, 7) is 3.46. The topological polar surface area (TPSA) is 57.5 Å². The maximum absolute atomic E-state index is 10.6. The van der Waals surface area contributed by atoms with Crippen LogP contribution in [-0.2, 0) is 4.79 Å². The molecule has 1 fully saturated rings. The zero-order valence-corrected chi connectivity index (χ0v) is 7.53. The average Bonchev–Trinajstić information content (AvgIpc) is 2.82. The van der Waals surface area contributed by atoms with Crippen molar-refractivity contribution in [1.29, 1.82) is 0 Å². The molecule has 70 valence electrons. The summed E-state index contributed by atoms with van der Waals surface area (Å²) < 4.78 is 0. The molecular formula is C9H16O3. The van der Waals surface area contributed by atoms with Crippen molar-refractivity contribution in [2.24, 2.45) is 17.8 Å². The molecule has 3 atom stereocenters. The molecule has 1 saturated carbocycles. The summed E-state index contributed by atoms with van der Waals surface area (Å²) in [6, 6.07) is 0. The maximum Gasteiger partial charge on any atom is 0.306 e. The lowest BCUT2D eigenvalue weighted by Gasteiger charge is -2.21. The largest absolute Gasteiger partial charge is 0.481 e. The van der Waals surface area contributed by atoms with Crippen LogP contribution in [0.25, 0.3) is 0 Å². The first kappa shape index (κ1) is 9.52. The van der Waals surface area contributed by atoms with E-state index < -0.39 is 18.0 Å². The molecule has 1 rings (SSSR count). The number of rotatable bonds is 4. The molecule has 0 heterocycles. The van der Waals surface area contributed by atoms with Crippen LogP contribution < -0.4 is 0 Å². The van der Waals surface area contributed by atoms with Gasteiger partial charge in [0.1, 0.15) is 0 Å². The Morgan fingerprint density at radius 1 is 1.42 bits per heavy atom. The van der Waals surface area contributed by atoms with Crippen molar-refractivity contribution < 1.29 is 15.0 Å². The molecular weight excluding hydrogens is 156 g/mol. The van der Waals surface area contributed by atoms with Crippen molar-refractivity contribution in [3.63, 3.8) is 0 Å². The van der Waals surface area contributed by atoms with E-state index in [1.165, 1.54) is 0 Å². The smallest absolute Gasteiger partial charge is 0.306 e. The molecule has 0 aromatic carbocycles. The fourth-order valence-electron chi connectivity index (χ4n) is 1.39. The Bertz CT molecular complexity index is 175. The van der Waals surface area contributed by atoms with E-state index in [-0.39, 0.29) is 5.92 Å². The first-order valence-electron chi connectivity index (χ1n) is 4.45. The second-order valence-electron chi connectivity index (χ2n) is 3.81. The SMILES string of the molecule is CC(C(=O)O)C(C)C(O)C1CC1. The highest BCUT2D eigenvalue weighted by Gasteiger charge is 2.36. The standard InChI is InChI=1S/C9H16O3/c1-5(6(2)9(11)12)8(10)7-3-4-7/h5-8,10H,3-4H2,1-2H3,(H,11,12). The fourth-order valence-corrected chi connectivity index (χ4v) is 1.39. The number of aliphatic hydroxyl groups excluding tert-OH is 1. The summed E-state index contributed by atoms with van der Waals surface area (Å²) in [5, 5.41) is 18.3. The van der Waals surface area contributed by atoms with Crippen LogP contribution in [0, 0.1) is 17.8 Å². The van der Waals surface area contributed by atoms with Gasteiger partial charge in [-0.3, -0.25) is 4.79 Å². The summed E-state index contributed by atoms with van der Waals surface area (Å²) >= 11 is 0. The van der Waals surface area contributed by atoms with Gasteiger partial charge in [0.2, 0.25) is 0 Å². The van der Waals surface area contributed by atoms with Crippen molar-refractivity contribution in [3.8, 4) is 0 Å². The molecule has 3 nitrogen and oxygen atoms in total. The number of carbonyl (C=O) groups is 1. The Labute approximate surface area is 72.4 Å². The number of carboxylic acids is 1. The quantitative estimate of drug-likeness (QED) is 0.668. The summed E-state index contributed by atoms with van der Waals surface area (Å²) in [5.74, 6) is -1.03. The third-order valence-corrected chi connectivity index (χ3v) is 2.82. The molecule has 0 aromatic heterocycles. The van der Waals surface area contributed by atoms with Crippen molar-refractivity contribution in [3.05, 3.63) is 0 Å². The van der Waals surface area contributed by atoms with Crippen LogP contribution in [0.15, 0.2) is 0 Å². The molecule has 0 amide bonds. The van der Waals surface area contributed by atoms with E-state index in [9.17, 15) is 9.90 Å². The molecule has 0 aromatic rings. The van der Waals surface area contributed by atoms with E-state index in [0.29, 0.717) is 5.92 Å². The van der Waals surface area contributed by atoms with Gasteiger partial charge >= 0.3 is 5.97 Å². The summed E-state index contributed by atoms with van der Waals surface area (Å²) in [4.78, 5) is 10.6. The van der Waals surface area contributed by atoms with Crippen molar-refractivity contribution >= 4 is 5.97 Å². The van der Waals surface area contributed by atoms with E-state index in [2.05, 4.69) is 0 Å². The zero-order valence-electron chi connectivity index (χ0n) is 7.53. The highest BCUT2D eigenvalue weighted by molar-refractivity contribution is 5.69. The Kier molecular flexibility index (Phi) is 2.73. The third-order valence-electron chi connectivity index (χ3n) is 2.82. The minimum absolute atomic E-state index is 0.130. The zero-order chi connectivity index (χ0) is 9.30. The van der Waals surface area contributed by atoms with E-state index in [1.807, 2.05) is 6.92 Å². The van der Waals surface area contributed by atoms with E-state index in [1.54, 1.807) is 6.92 Å². The minimum atomic E-state index is -0.817. The van der Waals surface area contributed by atoms with Crippen molar-refractivity contribution in [2.75, 3.05) is 0 Å². The Balaban J connectivity index is 2.44. The molecule has 0 bridgehead atoms. The minimum Gasteiger partial charge on any atom is -0.481 e. The second kappa shape index (κ2) is 3.44. The third kappa shape index (κ3) is 1.97. The number of aliphatic hydroxyl groups is 1. The van der Waals surface area contributed by atoms with Crippen LogP contribution in [0.3, 0.4) is 0 Å². The van der Waals surface area contributed by atoms with Gasteiger partial charge in [-0.1, -0.05) is 13.8 Å². The number of aliphatic carboxylic acids is 1. The van der Waals surface area contributed by atoms with Gasteiger partial charge in [-0.25, -0.2) is 0 Å². The van der Waals surface area contributed by atoms with Crippen LogP contribution in [0.4, 0.5) is 0 Å². The highest BCUT2D eigenvalue weighted by atomic mass is 16.4. The normalized spacial score (nSPS) is 24.6. The van der Waals surface area contributed by atoms with Crippen LogP contribution in [0.2, 0.25) is 0 Å². The predicted molar refractivity (Wildman–Crippen MR) is 44.7 cm³/mol. The second-order valence-corrected chi connectivity index (χ2v) is 3.81. The number of hydrogen-bond donors (Lipinski definition) is 2. The van der Waals surface area contributed by atoms with Crippen LogP contribution >= 0.6 is 0 Å². The van der Waals surface area contributed by atoms with Crippen molar-refractivity contribution in [2.45, 2.75) is 32.8 Å². The number of carboxylic acid groups (broad SMARTS) is 1. The first-order chi connectivity index (χ1) is 5.54. The predicted octanol–water partition coefficient (Wildman–Crippen LogP) is 1.11. The average molecular weight is 172 g/mol. The summed E-state index contributed by atoms with van der Waals surface area (Å²) in [7, 11) is 0. The molecule has 0 radical (unpaired) electrons. The summed E-state index contributed by atoms with van der Waals surface area (Å²) in [5.41, 5.74) is 0. The lowest BCUT2D eigenvalue weighted by molar-refractivity contribution is -0.144. The lowest BCUT2D eigenvalue weighted by atomic mass is 9.88. The van der Waals surface area contributed by atoms with Gasteiger partial charge in [-0.2, -0.15) is 0 Å². The monoisotopic (exact) mass is 172 g/mol. The lowest BCUT2D eigenvalue weighted by Crippen LogP contribution is -2.30. The first-order valence-corrected chi connectivity index (χ1v) is 4.45. The van der Waals surface area contributed by atoms with E-state index in [4.69, 9.17) is 5.11 Å². The van der Waals surface area contributed by atoms with Crippen LogP contribution in [0.5, 0.6) is 0 Å². The Morgan fingerprint density at radius 2 is 1.92 bits per heavy atom. The molecule has 3 heteroatoms. The van der Waals surface area contributed by atoms with Gasteiger partial charge < -0.3 is 10.2 Å². The Morgan fingerprint density at radius 3 is 2.25 bits per heavy atom. The van der Waals surface area contributed by atoms with E-state index in [0.717, 1.165) is 12.8 Å². The molecule has 2 N–H and O–H groups in total. The van der Waals surface area contributed by atoms with E-state index >= 15 is 0 Å². The van der Waals surface area contributed by atoms with Gasteiger partial charge in [-0.05, 0) is 24.7 Å². The highest BCUT2D eigenvalue weighted by Crippen LogP contribution is 2.37. The number of hydrogen-bond acceptors (Lipinski definition) is 2. The molecule has 1 aliphatic rings. The summed E-state index contributed by atoms with van der Waals surface area (Å²) in [6.07, 6.45) is 1.69. The molecule has 1 aliphatic carbocycles. The fraction of sp³-hybridized carbons (Fsp3) is 0.889. The molecule has 3 unspecified atom stereocenters. The van der Waals surface area contributed by atoms with Gasteiger partial charge in [0.15, 0.2) is 0 Å². The van der Waals surface area contributed by atoms with Gasteiger partial charge in [0.25, 0.3) is 0 Å². The Hall–Kier alpha value is -0.570. The van der Waals surface area contributed by atoms with Crippen LogP contribution in [-0.4, -0.2) is 22.3 Å². The molecule has 0 spiro atoms. The maximum atomic E-state index is 10.6. The molecule has 12 heavy (non-hydrogen) atoms.